The summed E-state index contributed by atoms with van der Waals surface area (Å²) in [7, 11) is 0. The van der Waals surface area contributed by atoms with Gasteiger partial charge in [0, 0.05) is 0 Å². The van der Waals surface area contributed by atoms with Gasteiger partial charge in [-0.15, -0.1) is 0 Å². The van der Waals surface area contributed by atoms with Crippen molar-refractivity contribution in [3.8, 4) is 0 Å². The fourth-order valence-corrected chi connectivity index (χ4v) is 0.954. The molecule has 1 aromatic rings. The van der Waals surface area contributed by atoms with Crippen LogP contribution in [-0.4, -0.2) is 4.98 Å². The Hall–Kier alpha value is -1.70. The van der Waals surface area contributed by atoms with Crippen LogP contribution >= 0.6 is 0 Å². The summed E-state index contributed by atoms with van der Waals surface area (Å²) in [5.41, 5.74) is 1.32. The second-order valence-corrected chi connectivity index (χ2v) is 2.41. The molecule has 0 spiro atoms. The van der Waals surface area contributed by atoms with Crippen molar-refractivity contribution in [3.05, 3.63) is 61.2 Å². The van der Waals surface area contributed by atoms with E-state index in [4.69, 9.17) is 0 Å². The molecule has 0 radical (unpaired) electrons. The van der Waals surface area contributed by atoms with E-state index in [1.54, 1.807) is 30.4 Å². The number of allylic oxidation sites excluding steroid dienone is 4. The SMILES string of the molecule is C=C/C=C(\C=C)c1cccc(F)n1. The van der Waals surface area contributed by atoms with E-state index in [2.05, 4.69) is 18.1 Å². The molecule has 0 amide bonds. The highest BCUT2D eigenvalue weighted by molar-refractivity contribution is 5.72. The predicted molar refractivity (Wildman–Crippen MR) is 52.6 cm³/mol. The zero-order valence-electron chi connectivity index (χ0n) is 7.20. The maximum atomic E-state index is 12.7. The highest BCUT2D eigenvalue weighted by Gasteiger charge is 1.98. The number of aromatic nitrogens is 1. The van der Waals surface area contributed by atoms with E-state index in [-0.39, 0.29) is 0 Å². The van der Waals surface area contributed by atoms with Crippen molar-refractivity contribution in [1.29, 1.82) is 0 Å². The molecular formula is C11H10FN. The van der Waals surface area contributed by atoms with Crippen LogP contribution in [-0.2, 0) is 0 Å². The minimum Gasteiger partial charge on any atom is -0.220 e. The summed E-state index contributed by atoms with van der Waals surface area (Å²) < 4.78 is 12.7. The number of hydrogen-bond donors (Lipinski definition) is 0. The molecule has 0 saturated heterocycles. The molecule has 1 aromatic heterocycles. The van der Waals surface area contributed by atoms with Crippen LogP contribution in [0, 0.1) is 5.95 Å². The zero-order valence-corrected chi connectivity index (χ0v) is 7.20. The smallest absolute Gasteiger partial charge is 0.213 e. The summed E-state index contributed by atoms with van der Waals surface area (Å²) in [4.78, 5) is 3.71. The van der Waals surface area contributed by atoms with Crippen molar-refractivity contribution in [3.63, 3.8) is 0 Å². The molecule has 0 aliphatic carbocycles. The third-order valence-corrected chi connectivity index (χ3v) is 1.53. The number of pyridine rings is 1. The molecule has 0 fully saturated rings. The summed E-state index contributed by atoms with van der Waals surface area (Å²) in [5.74, 6) is -0.491. The summed E-state index contributed by atoms with van der Waals surface area (Å²) in [6.45, 7) is 7.16. The summed E-state index contributed by atoms with van der Waals surface area (Å²) in [6.07, 6.45) is 4.96. The van der Waals surface area contributed by atoms with Gasteiger partial charge in [-0.25, -0.2) is 4.98 Å². The Bertz CT molecular complexity index is 353. The van der Waals surface area contributed by atoms with Gasteiger partial charge in [0.25, 0.3) is 0 Å². The minimum atomic E-state index is -0.491. The third kappa shape index (κ3) is 2.37. The molecule has 1 rings (SSSR count). The molecule has 0 aliphatic rings. The van der Waals surface area contributed by atoms with Gasteiger partial charge in [0.05, 0.1) is 5.69 Å². The third-order valence-electron chi connectivity index (χ3n) is 1.53. The molecule has 66 valence electrons. The summed E-state index contributed by atoms with van der Waals surface area (Å²) >= 11 is 0. The van der Waals surface area contributed by atoms with E-state index in [0.717, 1.165) is 5.57 Å². The summed E-state index contributed by atoms with van der Waals surface area (Å²) in [5, 5.41) is 0. The van der Waals surface area contributed by atoms with Crippen LogP contribution in [0.1, 0.15) is 5.69 Å². The second-order valence-electron chi connectivity index (χ2n) is 2.41. The fraction of sp³-hybridized carbons (Fsp3) is 0. The van der Waals surface area contributed by atoms with Crippen molar-refractivity contribution >= 4 is 5.57 Å². The quantitative estimate of drug-likeness (QED) is 0.508. The van der Waals surface area contributed by atoms with Crippen LogP contribution in [0.25, 0.3) is 5.57 Å². The van der Waals surface area contributed by atoms with E-state index >= 15 is 0 Å². The van der Waals surface area contributed by atoms with Gasteiger partial charge in [0.1, 0.15) is 0 Å². The largest absolute Gasteiger partial charge is 0.220 e. The van der Waals surface area contributed by atoms with Gasteiger partial charge in [-0.05, 0) is 17.7 Å². The Morgan fingerprint density at radius 1 is 1.38 bits per heavy atom. The maximum Gasteiger partial charge on any atom is 0.213 e. The highest BCUT2D eigenvalue weighted by atomic mass is 19.1. The van der Waals surface area contributed by atoms with E-state index in [1.807, 2.05) is 0 Å². The first kappa shape index (κ1) is 9.39. The number of nitrogens with zero attached hydrogens (tertiary/aromatic N) is 1. The lowest BCUT2D eigenvalue weighted by molar-refractivity contribution is 0.582. The maximum absolute atomic E-state index is 12.7. The van der Waals surface area contributed by atoms with Crippen molar-refractivity contribution in [2.45, 2.75) is 0 Å². The highest BCUT2D eigenvalue weighted by Crippen LogP contribution is 2.12. The van der Waals surface area contributed by atoms with Crippen molar-refractivity contribution < 1.29 is 4.39 Å². The molecule has 0 saturated carbocycles. The second kappa shape index (κ2) is 4.36. The lowest BCUT2D eigenvalue weighted by Crippen LogP contribution is -1.89. The molecule has 0 N–H and O–H groups in total. The van der Waals surface area contributed by atoms with Crippen LogP contribution in [0.3, 0.4) is 0 Å². The first-order chi connectivity index (χ1) is 6.27. The Kier molecular flexibility index (Phi) is 3.15. The molecule has 1 nitrogen and oxygen atoms in total. The lowest BCUT2D eigenvalue weighted by atomic mass is 10.1. The fourth-order valence-electron chi connectivity index (χ4n) is 0.954. The first-order valence-corrected chi connectivity index (χ1v) is 3.86. The topological polar surface area (TPSA) is 12.9 Å². The van der Waals surface area contributed by atoms with Gasteiger partial charge < -0.3 is 0 Å². The minimum absolute atomic E-state index is 0.491. The van der Waals surface area contributed by atoms with E-state index in [1.165, 1.54) is 6.07 Å². The molecule has 2 heteroatoms. The number of hydrogen-bond acceptors (Lipinski definition) is 1. The lowest BCUT2D eigenvalue weighted by Gasteiger charge is -1.99. The van der Waals surface area contributed by atoms with Crippen molar-refractivity contribution in [1.82, 2.24) is 4.98 Å². The van der Waals surface area contributed by atoms with E-state index in [0.29, 0.717) is 5.69 Å². The van der Waals surface area contributed by atoms with Crippen molar-refractivity contribution in [2.75, 3.05) is 0 Å². The zero-order chi connectivity index (χ0) is 9.68. The number of halogens is 1. The Labute approximate surface area is 76.9 Å². The van der Waals surface area contributed by atoms with Gasteiger partial charge in [-0.3, -0.25) is 0 Å². The monoisotopic (exact) mass is 175 g/mol. The first-order valence-electron chi connectivity index (χ1n) is 3.86. The van der Waals surface area contributed by atoms with Crippen LogP contribution in [0.15, 0.2) is 49.6 Å². The van der Waals surface area contributed by atoms with Crippen LogP contribution in [0.2, 0.25) is 0 Å². The normalized spacial score (nSPS) is 11.0. The van der Waals surface area contributed by atoms with Crippen LogP contribution in [0.4, 0.5) is 4.39 Å². The number of rotatable bonds is 3. The molecule has 0 atom stereocenters. The molecule has 0 aliphatic heterocycles. The van der Waals surface area contributed by atoms with Gasteiger partial charge in [-0.2, -0.15) is 4.39 Å². The van der Waals surface area contributed by atoms with Gasteiger partial charge in [0.15, 0.2) is 0 Å². The Morgan fingerprint density at radius 2 is 2.15 bits per heavy atom. The van der Waals surface area contributed by atoms with Gasteiger partial charge >= 0.3 is 0 Å². The average Bonchev–Trinajstić information content (AvgIpc) is 2.14. The van der Waals surface area contributed by atoms with Gasteiger partial charge in [0.2, 0.25) is 5.95 Å². The van der Waals surface area contributed by atoms with E-state index in [9.17, 15) is 4.39 Å². The average molecular weight is 175 g/mol. The van der Waals surface area contributed by atoms with Crippen LogP contribution in [0.5, 0.6) is 0 Å². The summed E-state index contributed by atoms with van der Waals surface area (Å²) in [6, 6.07) is 4.64. The molecular weight excluding hydrogens is 165 g/mol. The van der Waals surface area contributed by atoms with Crippen LogP contribution < -0.4 is 0 Å². The Morgan fingerprint density at radius 3 is 2.69 bits per heavy atom. The molecule has 13 heavy (non-hydrogen) atoms. The van der Waals surface area contributed by atoms with Gasteiger partial charge in [-0.1, -0.05) is 37.5 Å². The Balaban J connectivity index is 3.12. The molecule has 0 bridgehead atoms. The van der Waals surface area contributed by atoms with Crippen molar-refractivity contribution in [2.24, 2.45) is 0 Å². The van der Waals surface area contributed by atoms with E-state index < -0.39 is 5.95 Å². The molecule has 0 unspecified atom stereocenters. The predicted octanol–water partition coefficient (Wildman–Crippen LogP) is 2.98. The molecule has 1 heterocycles. The standard InChI is InChI=1S/C11H10FN/c1-3-6-9(4-2)10-7-5-8-11(12)13-10/h3-8H,1-2H2/b9-6+. The molecule has 0 aromatic carbocycles.